The number of tetrazole rings is 1. The van der Waals surface area contributed by atoms with Crippen LogP contribution in [0.1, 0.15) is 5.82 Å². The number of rotatable bonds is 3. The summed E-state index contributed by atoms with van der Waals surface area (Å²) in [7, 11) is 0. The van der Waals surface area contributed by atoms with Gasteiger partial charge in [0.1, 0.15) is 17.2 Å². The van der Waals surface area contributed by atoms with E-state index in [2.05, 4.69) is 30.9 Å². The van der Waals surface area contributed by atoms with E-state index >= 15 is 0 Å². The van der Waals surface area contributed by atoms with Crippen LogP contribution in [0.4, 0.5) is 5.69 Å². The minimum Gasteiger partial charge on any atom is -0.443 e. The van der Waals surface area contributed by atoms with E-state index in [1.54, 1.807) is 12.1 Å². The first-order chi connectivity index (χ1) is 9.78. The molecule has 8 nitrogen and oxygen atoms in total. The minimum absolute atomic E-state index is 0.192. The molecule has 9 heteroatoms. The van der Waals surface area contributed by atoms with Crippen molar-refractivity contribution in [2.24, 2.45) is 0 Å². The van der Waals surface area contributed by atoms with E-state index < -0.39 is 0 Å². The van der Waals surface area contributed by atoms with Gasteiger partial charge in [0.15, 0.2) is 12.0 Å². The van der Waals surface area contributed by atoms with Crippen molar-refractivity contribution in [2.45, 2.75) is 0 Å². The van der Waals surface area contributed by atoms with Crippen LogP contribution in [-0.2, 0) is 0 Å². The standard InChI is InChI=1S/C11H6ClN7O/c12-7-1-9-10(20-5-15-9)2-8(7)14-4-6(3-13)11-16-18-19-17-11/h1-2,4-5,14H,(H,16,17,18,19). The van der Waals surface area contributed by atoms with Crippen LogP contribution in [0.3, 0.4) is 0 Å². The zero-order chi connectivity index (χ0) is 13.9. The fourth-order valence-electron chi connectivity index (χ4n) is 1.56. The lowest BCUT2D eigenvalue weighted by Gasteiger charge is -2.03. The van der Waals surface area contributed by atoms with Gasteiger partial charge in [0.2, 0.25) is 5.82 Å². The van der Waals surface area contributed by atoms with E-state index in [4.69, 9.17) is 21.3 Å². The molecule has 0 aliphatic carbocycles. The highest BCUT2D eigenvalue weighted by molar-refractivity contribution is 6.34. The first-order valence-corrected chi connectivity index (χ1v) is 5.79. The molecule has 3 aromatic rings. The van der Waals surface area contributed by atoms with Gasteiger partial charge < -0.3 is 9.73 Å². The number of hydrogen-bond donors (Lipinski definition) is 2. The second kappa shape index (κ2) is 4.99. The van der Waals surface area contributed by atoms with E-state index in [9.17, 15) is 0 Å². The first kappa shape index (κ1) is 12.1. The van der Waals surface area contributed by atoms with Crippen LogP contribution in [0, 0.1) is 11.3 Å². The summed E-state index contributed by atoms with van der Waals surface area (Å²) in [6.45, 7) is 0. The summed E-state index contributed by atoms with van der Waals surface area (Å²) in [5.41, 5.74) is 2.03. The Kier molecular flexibility index (Phi) is 3.02. The van der Waals surface area contributed by atoms with E-state index in [-0.39, 0.29) is 11.4 Å². The molecule has 0 radical (unpaired) electrons. The van der Waals surface area contributed by atoms with Crippen LogP contribution < -0.4 is 5.32 Å². The molecule has 98 valence electrons. The number of aromatic amines is 1. The molecule has 0 fully saturated rings. The number of oxazole rings is 1. The molecule has 0 aliphatic rings. The zero-order valence-electron chi connectivity index (χ0n) is 9.83. The Labute approximate surface area is 117 Å². The predicted octanol–water partition coefficient (Wildman–Crippen LogP) is 1.97. The molecule has 3 rings (SSSR count). The molecular formula is C11H6ClN7O. The molecule has 0 saturated heterocycles. The lowest BCUT2D eigenvalue weighted by Crippen LogP contribution is -1.93. The molecule has 0 spiro atoms. The van der Waals surface area contributed by atoms with Gasteiger partial charge in [-0.2, -0.15) is 10.5 Å². The second-order valence-electron chi connectivity index (χ2n) is 3.70. The third-order valence-electron chi connectivity index (χ3n) is 2.50. The number of nitrogens with one attached hydrogen (secondary N) is 2. The number of nitriles is 1. The maximum absolute atomic E-state index is 9.04. The highest BCUT2D eigenvalue weighted by atomic mass is 35.5. The van der Waals surface area contributed by atoms with Gasteiger partial charge in [-0.15, -0.1) is 10.2 Å². The van der Waals surface area contributed by atoms with Crippen molar-refractivity contribution in [3.63, 3.8) is 0 Å². The van der Waals surface area contributed by atoms with E-state index in [1.165, 1.54) is 12.6 Å². The van der Waals surface area contributed by atoms with Crippen molar-refractivity contribution in [2.75, 3.05) is 5.32 Å². The van der Waals surface area contributed by atoms with Crippen LogP contribution in [0.2, 0.25) is 5.02 Å². The van der Waals surface area contributed by atoms with Crippen LogP contribution >= 0.6 is 11.6 Å². The van der Waals surface area contributed by atoms with Gasteiger partial charge in [-0.1, -0.05) is 11.6 Å². The van der Waals surface area contributed by atoms with Crippen molar-refractivity contribution in [1.82, 2.24) is 25.6 Å². The Balaban J connectivity index is 1.93. The molecule has 0 aliphatic heterocycles. The van der Waals surface area contributed by atoms with E-state index in [0.717, 1.165) is 0 Å². The van der Waals surface area contributed by atoms with Gasteiger partial charge in [-0.3, -0.25) is 0 Å². The number of halogens is 1. The summed E-state index contributed by atoms with van der Waals surface area (Å²) in [6, 6.07) is 5.31. The normalized spacial score (nSPS) is 11.5. The predicted molar refractivity (Wildman–Crippen MR) is 70.4 cm³/mol. The molecule has 0 amide bonds. The molecule has 0 bridgehead atoms. The van der Waals surface area contributed by atoms with Crippen LogP contribution in [0.5, 0.6) is 0 Å². The van der Waals surface area contributed by atoms with E-state index in [0.29, 0.717) is 21.8 Å². The monoisotopic (exact) mass is 287 g/mol. The summed E-state index contributed by atoms with van der Waals surface area (Å²) < 4.78 is 5.18. The van der Waals surface area contributed by atoms with Crippen molar-refractivity contribution < 1.29 is 4.42 Å². The number of benzene rings is 1. The van der Waals surface area contributed by atoms with Crippen molar-refractivity contribution in [1.29, 1.82) is 5.26 Å². The van der Waals surface area contributed by atoms with Gasteiger partial charge in [0, 0.05) is 12.3 Å². The highest BCUT2D eigenvalue weighted by Gasteiger charge is 2.08. The third-order valence-corrected chi connectivity index (χ3v) is 2.81. The Hall–Kier alpha value is -2.92. The Bertz CT molecular complexity index is 815. The van der Waals surface area contributed by atoms with Crippen LogP contribution in [-0.4, -0.2) is 25.6 Å². The minimum atomic E-state index is 0.192. The van der Waals surface area contributed by atoms with E-state index in [1.807, 2.05) is 6.07 Å². The topological polar surface area (TPSA) is 116 Å². The fourth-order valence-corrected chi connectivity index (χ4v) is 1.77. The van der Waals surface area contributed by atoms with Gasteiger partial charge >= 0.3 is 0 Å². The number of nitrogens with zero attached hydrogens (tertiary/aromatic N) is 5. The number of allylic oxidation sites excluding steroid dienone is 1. The molecule has 2 aromatic heterocycles. The SMILES string of the molecule is N#CC(=CNc1cc2ocnc2cc1Cl)c1nn[nH]n1. The smallest absolute Gasteiger partial charge is 0.216 e. The largest absolute Gasteiger partial charge is 0.443 e. The van der Waals surface area contributed by atoms with Crippen LogP contribution in [0.25, 0.3) is 16.7 Å². The summed E-state index contributed by atoms with van der Waals surface area (Å²) in [5.74, 6) is 0.192. The molecule has 1 aromatic carbocycles. The van der Waals surface area contributed by atoms with Crippen molar-refractivity contribution in [3.05, 3.63) is 35.6 Å². The Morgan fingerprint density at radius 1 is 1.50 bits per heavy atom. The average molecular weight is 288 g/mol. The number of anilines is 1. The van der Waals surface area contributed by atoms with Crippen molar-refractivity contribution in [3.8, 4) is 6.07 Å². The Morgan fingerprint density at radius 2 is 2.40 bits per heavy atom. The summed E-state index contributed by atoms with van der Waals surface area (Å²) >= 11 is 6.11. The Morgan fingerprint density at radius 3 is 3.15 bits per heavy atom. The molecule has 2 N–H and O–H groups in total. The van der Waals surface area contributed by atoms with Crippen molar-refractivity contribution >= 4 is 34.0 Å². The molecule has 20 heavy (non-hydrogen) atoms. The third kappa shape index (κ3) is 2.17. The molecule has 0 saturated carbocycles. The van der Waals surface area contributed by atoms with Crippen LogP contribution in [0.15, 0.2) is 29.1 Å². The van der Waals surface area contributed by atoms with Gasteiger partial charge in [0.25, 0.3) is 0 Å². The number of H-pyrrole nitrogens is 1. The lowest BCUT2D eigenvalue weighted by atomic mass is 10.2. The second-order valence-corrected chi connectivity index (χ2v) is 4.11. The summed E-state index contributed by atoms with van der Waals surface area (Å²) in [5, 5.41) is 25.5. The fraction of sp³-hybridized carbons (Fsp3) is 0. The molecule has 2 heterocycles. The maximum atomic E-state index is 9.04. The molecule has 0 unspecified atom stereocenters. The zero-order valence-corrected chi connectivity index (χ0v) is 10.6. The first-order valence-electron chi connectivity index (χ1n) is 5.41. The van der Waals surface area contributed by atoms with Gasteiger partial charge in [-0.05, 0) is 11.3 Å². The quantitative estimate of drug-likeness (QED) is 0.707. The molecular weight excluding hydrogens is 282 g/mol. The molecule has 0 atom stereocenters. The van der Waals surface area contributed by atoms with Gasteiger partial charge in [-0.25, -0.2) is 4.98 Å². The maximum Gasteiger partial charge on any atom is 0.216 e. The number of aromatic nitrogens is 5. The van der Waals surface area contributed by atoms with Gasteiger partial charge in [0.05, 0.1) is 10.7 Å². The number of hydrogen-bond acceptors (Lipinski definition) is 7. The lowest BCUT2D eigenvalue weighted by molar-refractivity contribution is 0.602. The average Bonchev–Trinajstić information content (AvgIpc) is 3.10. The summed E-state index contributed by atoms with van der Waals surface area (Å²) in [6.07, 6.45) is 2.77. The number of fused-ring (bicyclic) bond motifs is 1. The highest BCUT2D eigenvalue weighted by Crippen LogP contribution is 2.27. The summed E-state index contributed by atoms with van der Waals surface area (Å²) in [4.78, 5) is 3.99.